The van der Waals surface area contributed by atoms with Crippen LogP contribution in [-0.4, -0.2) is 66.4 Å². The van der Waals surface area contributed by atoms with E-state index in [0.29, 0.717) is 39.7 Å². The number of aromatic carboxylic acids is 1. The molecule has 0 aliphatic carbocycles. The van der Waals surface area contributed by atoms with Gasteiger partial charge >= 0.3 is 11.9 Å². The molecule has 5 N–H and O–H groups in total. The van der Waals surface area contributed by atoms with E-state index >= 15 is 0 Å². The van der Waals surface area contributed by atoms with Gasteiger partial charge < -0.3 is 35.6 Å². The fraction of sp³-hybridized carbons (Fsp3) is 0.200. The van der Waals surface area contributed by atoms with Crippen molar-refractivity contribution in [1.29, 1.82) is 0 Å². The molecule has 0 saturated heterocycles. The van der Waals surface area contributed by atoms with Crippen LogP contribution in [-0.2, 0) is 20.9 Å². The lowest BCUT2D eigenvalue weighted by molar-refractivity contribution is -0.143. The Kier molecular flexibility index (Phi) is 9.45. The number of nitrogens with one attached hydrogen (secondary N) is 3. The summed E-state index contributed by atoms with van der Waals surface area (Å²) in [4.78, 5) is 35.0. The van der Waals surface area contributed by atoms with Crippen molar-refractivity contribution in [3.8, 4) is 11.5 Å². The highest BCUT2D eigenvalue weighted by atomic mass is 32.1. The number of carbonyl (C=O) groups excluding carboxylic acids is 1. The maximum absolute atomic E-state index is 12.4. The van der Waals surface area contributed by atoms with E-state index in [-0.39, 0.29) is 25.3 Å². The number of carbonyl (C=O) groups is 3. The Morgan fingerprint density at radius 1 is 0.927 bits per heavy atom. The van der Waals surface area contributed by atoms with Gasteiger partial charge in [0.1, 0.15) is 29.7 Å². The molecular weight excluding hydrogens is 546 g/mol. The molecule has 212 valence electrons. The zero-order valence-electron chi connectivity index (χ0n) is 22.3. The van der Waals surface area contributed by atoms with Gasteiger partial charge in [-0.3, -0.25) is 4.79 Å². The van der Waals surface area contributed by atoms with E-state index in [2.05, 4.69) is 22.5 Å². The van der Waals surface area contributed by atoms with Crippen molar-refractivity contribution >= 4 is 47.2 Å². The Morgan fingerprint density at radius 2 is 1.71 bits per heavy atom. The zero-order valence-corrected chi connectivity index (χ0v) is 23.1. The van der Waals surface area contributed by atoms with Crippen LogP contribution in [0.2, 0.25) is 0 Å². The third kappa shape index (κ3) is 7.14. The minimum Gasteiger partial charge on any atom is -0.480 e. The molecular formula is C30H29N3O7S. The first kappa shape index (κ1) is 29.4. The SMILES string of the molecule is C=c1ccc2c(c1)Oc1cc(CNC)ccc1C=2c1cc(C(=S)NCCNC(=O)COCC(=O)O)ccc1C(=O)O. The van der Waals surface area contributed by atoms with Crippen LogP contribution in [0.25, 0.3) is 12.2 Å². The van der Waals surface area contributed by atoms with E-state index in [4.69, 9.17) is 26.8 Å². The number of carboxylic acids is 2. The minimum atomic E-state index is -1.16. The third-order valence-electron chi connectivity index (χ3n) is 6.20. The number of ether oxygens (including phenoxy) is 2. The van der Waals surface area contributed by atoms with Gasteiger partial charge in [0, 0.05) is 41.6 Å². The molecule has 1 aliphatic rings. The first-order valence-corrected chi connectivity index (χ1v) is 13.1. The largest absolute Gasteiger partial charge is 0.480 e. The Bertz CT molecular complexity index is 1640. The highest BCUT2D eigenvalue weighted by Crippen LogP contribution is 2.38. The van der Waals surface area contributed by atoms with Gasteiger partial charge in [-0.05, 0) is 47.7 Å². The summed E-state index contributed by atoms with van der Waals surface area (Å²) in [6.45, 7) is 4.22. The molecule has 0 spiro atoms. The van der Waals surface area contributed by atoms with E-state index in [1.165, 1.54) is 6.07 Å². The maximum Gasteiger partial charge on any atom is 0.336 e. The first-order chi connectivity index (χ1) is 19.7. The predicted octanol–water partition coefficient (Wildman–Crippen LogP) is 1.35. The van der Waals surface area contributed by atoms with Gasteiger partial charge in [-0.15, -0.1) is 0 Å². The molecule has 3 aromatic rings. The van der Waals surface area contributed by atoms with Gasteiger partial charge in [-0.2, -0.15) is 0 Å². The maximum atomic E-state index is 12.4. The molecule has 1 amide bonds. The molecule has 0 atom stereocenters. The average molecular weight is 576 g/mol. The molecule has 4 rings (SSSR count). The smallest absolute Gasteiger partial charge is 0.336 e. The van der Waals surface area contributed by atoms with Crippen LogP contribution >= 0.6 is 12.2 Å². The molecule has 0 unspecified atom stereocenters. The van der Waals surface area contributed by atoms with Crippen LogP contribution in [0, 0.1) is 0 Å². The van der Waals surface area contributed by atoms with Crippen LogP contribution in [0.4, 0.5) is 0 Å². The molecule has 0 saturated carbocycles. The predicted molar refractivity (Wildman–Crippen MR) is 157 cm³/mol. The number of hydrogen-bond acceptors (Lipinski definition) is 7. The van der Waals surface area contributed by atoms with E-state index in [0.717, 1.165) is 21.6 Å². The zero-order chi connectivity index (χ0) is 29.5. The van der Waals surface area contributed by atoms with Crippen molar-refractivity contribution in [3.05, 3.63) is 92.9 Å². The summed E-state index contributed by atoms with van der Waals surface area (Å²) in [6.07, 6.45) is 0. The fourth-order valence-corrected chi connectivity index (χ4v) is 4.65. The van der Waals surface area contributed by atoms with Crippen molar-refractivity contribution in [1.82, 2.24) is 16.0 Å². The highest BCUT2D eigenvalue weighted by Gasteiger charge is 2.25. The van der Waals surface area contributed by atoms with Crippen molar-refractivity contribution in [2.24, 2.45) is 0 Å². The van der Waals surface area contributed by atoms with Gasteiger partial charge in [0.05, 0.1) is 5.56 Å². The average Bonchev–Trinajstić information content (AvgIpc) is 2.93. The van der Waals surface area contributed by atoms with Crippen molar-refractivity contribution < 1.29 is 34.1 Å². The summed E-state index contributed by atoms with van der Waals surface area (Å²) in [5.74, 6) is -1.51. The van der Waals surface area contributed by atoms with Crippen LogP contribution < -0.4 is 31.1 Å². The van der Waals surface area contributed by atoms with E-state index in [1.54, 1.807) is 12.1 Å². The topological polar surface area (TPSA) is 146 Å². The lowest BCUT2D eigenvalue weighted by atomic mass is 9.88. The Morgan fingerprint density at radius 3 is 2.44 bits per heavy atom. The Balaban J connectivity index is 1.65. The number of hydrogen-bond donors (Lipinski definition) is 5. The first-order valence-electron chi connectivity index (χ1n) is 12.7. The Hall–Kier alpha value is -4.58. The molecule has 11 heteroatoms. The number of fused-ring (bicyclic) bond motifs is 2. The summed E-state index contributed by atoms with van der Waals surface area (Å²) in [5, 5.41) is 29.0. The second-order valence-electron chi connectivity index (χ2n) is 9.23. The summed E-state index contributed by atoms with van der Waals surface area (Å²) in [5.41, 5.74) is 3.65. The summed E-state index contributed by atoms with van der Waals surface area (Å²) in [6, 6.07) is 16.3. The molecule has 41 heavy (non-hydrogen) atoms. The van der Waals surface area contributed by atoms with Crippen LogP contribution in [0.1, 0.15) is 32.6 Å². The monoisotopic (exact) mass is 575 g/mol. The number of carboxylic acid groups (broad SMARTS) is 2. The van der Waals surface area contributed by atoms with Gasteiger partial charge in [-0.25, -0.2) is 9.59 Å². The van der Waals surface area contributed by atoms with Gasteiger partial charge in [0.2, 0.25) is 5.91 Å². The molecule has 0 aromatic heterocycles. The van der Waals surface area contributed by atoms with Crippen molar-refractivity contribution in [2.45, 2.75) is 6.54 Å². The molecule has 10 nitrogen and oxygen atoms in total. The number of aliphatic carboxylic acids is 1. The van der Waals surface area contributed by atoms with Gasteiger partial charge in [-0.1, -0.05) is 49.1 Å². The molecule has 1 aliphatic heterocycles. The second kappa shape index (κ2) is 13.2. The minimum absolute atomic E-state index is 0.108. The van der Waals surface area contributed by atoms with E-state index in [9.17, 15) is 19.5 Å². The second-order valence-corrected chi connectivity index (χ2v) is 9.63. The normalized spacial score (nSPS) is 11.6. The fourth-order valence-electron chi connectivity index (χ4n) is 4.42. The standard InChI is InChI=1S/C30H29N3O7S/c1-17-3-6-21-24(11-17)40-25-12-18(14-31-2)4-7-22(25)28(21)23-13-19(5-8-20(23)30(37)38)29(41)33-10-9-32-26(34)15-39-16-27(35)36/h3-8,11-13,31H,1,9-10,14-16H2,2H3,(H,32,34)(H,33,41)(H,35,36)(H,37,38). The lowest BCUT2D eigenvalue weighted by Crippen LogP contribution is -2.36. The van der Waals surface area contributed by atoms with Gasteiger partial charge in [0.15, 0.2) is 0 Å². The molecule has 1 heterocycles. The summed E-state index contributed by atoms with van der Waals surface area (Å²) >= 11 is 5.58. The highest BCUT2D eigenvalue weighted by molar-refractivity contribution is 7.80. The lowest BCUT2D eigenvalue weighted by Gasteiger charge is -2.23. The summed E-state index contributed by atoms with van der Waals surface area (Å²) < 4.78 is 11.0. The van der Waals surface area contributed by atoms with E-state index in [1.807, 2.05) is 43.4 Å². The number of benzene rings is 3. The molecule has 0 fully saturated rings. The number of amides is 1. The molecule has 0 bridgehead atoms. The van der Waals surface area contributed by atoms with Crippen molar-refractivity contribution in [3.63, 3.8) is 0 Å². The number of thiocarbonyl (C=S) groups is 1. The molecule has 3 aromatic carbocycles. The van der Waals surface area contributed by atoms with E-state index < -0.39 is 24.5 Å². The summed E-state index contributed by atoms with van der Waals surface area (Å²) in [7, 11) is 1.86. The third-order valence-corrected chi connectivity index (χ3v) is 6.58. The molecule has 0 radical (unpaired) electrons. The Labute approximate surface area is 241 Å². The number of rotatable bonds is 12. The van der Waals surface area contributed by atoms with Crippen LogP contribution in [0.15, 0.2) is 54.6 Å². The quantitative estimate of drug-likeness (QED) is 0.124. The van der Waals surface area contributed by atoms with Gasteiger partial charge in [0.25, 0.3) is 0 Å². The van der Waals surface area contributed by atoms with Crippen LogP contribution in [0.3, 0.4) is 0 Å². The van der Waals surface area contributed by atoms with Crippen LogP contribution in [0.5, 0.6) is 11.5 Å². The van der Waals surface area contributed by atoms with Crippen molar-refractivity contribution in [2.75, 3.05) is 33.4 Å².